The normalized spacial score (nSPS) is 27.8. The van der Waals surface area contributed by atoms with Gasteiger partial charge in [0.15, 0.2) is 5.82 Å². The van der Waals surface area contributed by atoms with Gasteiger partial charge in [-0.1, -0.05) is 0 Å². The number of nitrogens with zero attached hydrogens (tertiary/aromatic N) is 1. The second-order valence-electron chi connectivity index (χ2n) is 10.5. The van der Waals surface area contributed by atoms with Crippen LogP contribution < -0.4 is 9.62 Å². The van der Waals surface area contributed by atoms with Crippen molar-refractivity contribution >= 4 is 26.6 Å². The molecule has 2 aromatic rings. The molecule has 2 N–H and O–H groups in total. The standard InChI is InChI=1S/C24H36FN3O3S/c1-15-13-28(14-16(2)31-15)22-11-10-20-19(23(22)25)12-21(26-20)17-6-8-18(9-7-17)27-32(29,30)24(3,4)5/h10-12,15-18,26-27H,6-9,13-14H2,1-5H3/t15-,16+,17?,18?. The number of anilines is 1. The van der Waals surface area contributed by atoms with Gasteiger partial charge in [-0.3, -0.25) is 0 Å². The summed E-state index contributed by atoms with van der Waals surface area (Å²) < 4.78 is 48.2. The molecule has 1 saturated heterocycles. The second kappa shape index (κ2) is 8.61. The van der Waals surface area contributed by atoms with E-state index in [1.165, 1.54) is 0 Å². The van der Waals surface area contributed by atoms with Crippen molar-refractivity contribution in [2.24, 2.45) is 0 Å². The van der Waals surface area contributed by atoms with E-state index in [1.807, 2.05) is 32.0 Å². The highest BCUT2D eigenvalue weighted by Crippen LogP contribution is 2.37. The lowest BCUT2D eigenvalue weighted by Crippen LogP contribution is -2.45. The number of sulfonamides is 1. The summed E-state index contributed by atoms with van der Waals surface area (Å²) in [7, 11) is -3.35. The highest BCUT2D eigenvalue weighted by molar-refractivity contribution is 7.90. The van der Waals surface area contributed by atoms with E-state index < -0.39 is 14.8 Å². The number of nitrogens with one attached hydrogen (secondary N) is 2. The van der Waals surface area contributed by atoms with Crippen LogP contribution in [0.25, 0.3) is 10.9 Å². The lowest BCUT2D eigenvalue weighted by atomic mass is 9.84. The van der Waals surface area contributed by atoms with Crippen LogP contribution in [0.15, 0.2) is 18.2 Å². The van der Waals surface area contributed by atoms with E-state index in [2.05, 4.69) is 14.6 Å². The average Bonchev–Trinajstić information content (AvgIpc) is 3.12. The first-order chi connectivity index (χ1) is 14.9. The number of hydrogen-bond donors (Lipinski definition) is 2. The lowest BCUT2D eigenvalue weighted by molar-refractivity contribution is -0.00538. The van der Waals surface area contributed by atoms with Crippen molar-refractivity contribution in [2.75, 3.05) is 18.0 Å². The molecule has 1 aromatic carbocycles. The van der Waals surface area contributed by atoms with Crippen LogP contribution in [0.1, 0.15) is 71.9 Å². The summed E-state index contributed by atoms with van der Waals surface area (Å²) in [5, 5.41) is 0.625. The number of aromatic nitrogens is 1. The molecule has 0 unspecified atom stereocenters. The van der Waals surface area contributed by atoms with Gasteiger partial charge in [-0.15, -0.1) is 0 Å². The molecule has 1 aromatic heterocycles. The van der Waals surface area contributed by atoms with E-state index in [4.69, 9.17) is 4.74 Å². The highest BCUT2D eigenvalue weighted by atomic mass is 32.2. The van der Waals surface area contributed by atoms with Gasteiger partial charge in [0.25, 0.3) is 0 Å². The van der Waals surface area contributed by atoms with Crippen LogP contribution in [0.3, 0.4) is 0 Å². The van der Waals surface area contributed by atoms with E-state index in [1.54, 1.807) is 20.8 Å². The molecule has 4 rings (SSSR count). The summed E-state index contributed by atoms with van der Waals surface area (Å²) >= 11 is 0. The Morgan fingerprint density at radius 1 is 1.09 bits per heavy atom. The van der Waals surface area contributed by atoms with Gasteiger partial charge in [0.2, 0.25) is 10.0 Å². The fourth-order valence-electron chi connectivity index (χ4n) is 4.94. The van der Waals surface area contributed by atoms with Crippen LogP contribution in [-0.4, -0.2) is 49.5 Å². The highest BCUT2D eigenvalue weighted by Gasteiger charge is 2.33. The predicted molar refractivity (Wildman–Crippen MR) is 127 cm³/mol. The summed E-state index contributed by atoms with van der Waals surface area (Å²) in [5.74, 6) is 0.0991. The lowest BCUT2D eigenvalue weighted by Gasteiger charge is -2.37. The van der Waals surface area contributed by atoms with E-state index in [0.717, 1.165) is 36.9 Å². The molecule has 1 aliphatic heterocycles. The van der Waals surface area contributed by atoms with Gasteiger partial charge < -0.3 is 14.6 Å². The first kappa shape index (κ1) is 23.5. The number of benzene rings is 1. The van der Waals surface area contributed by atoms with Crippen molar-refractivity contribution in [1.29, 1.82) is 0 Å². The van der Waals surface area contributed by atoms with Crippen molar-refractivity contribution < 1.29 is 17.5 Å². The molecule has 6 nitrogen and oxygen atoms in total. The third-order valence-electron chi connectivity index (χ3n) is 6.79. The van der Waals surface area contributed by atoms with Gasteiger partial charge in [0, 0.05) is 35.7 Å². The van der Waals surface area contributed by atoms with Gasteiger partial charge in [0.05, 0.1) is 22.6 Å². The molecular weight excluding hydrogens is 429 g/mol. The minimum atomic E-state index is -3.35. The maximum absolute atomic E-state index is 15.5. The van der Waals surface area contributed by atoms with Crippen LogP contribution in [0.5, 0.6) is 0 Å². The summed E-state index contributed by atoms with van der Waals surface area (Å²) in [4.78, 5) is 5.50. The largest absolute Gasteiger partial charge is 0.372 e. The molecule has 8 heteroatoms. The fraction of sp³-hybridized carbons (Fsp3) is 0.667. The SMILES string of the molecule is C[C@@H]1CN(c2ccc3[nH]c(C4CCC(NS(=O)(=O)C(C)(C)C)CC4)cc3c2F)C[C@H](C)O1. The Hall–Kier alpha value is -1.64. The van der Waals surface area contributed by atoms with E-state index in [9.17, 15) is 8.42 Å². The number of morpholine rings is 1. The topological polar surface area (TPSA) is 74.4 Å². The summed E-state index contributed by atoms with van der Waals surface area (Å²) in [5.41, 5.74) is 2.48. The monoisotopic (exact) mass is 465 g/mol. The van der Waals surface area contributed by atoms with Crippen LogP contribution in [0.4, 0.5) is 10.1 Å². The van der Waals surface area contributed by atoms with Gasteiger partial charge in [-0.05, 0) is 84.4 Å². The zero-order chi connectivity index (χ0) is 23.3. The summed E-state index contributed by atoms with van der Waals surface area (Å²) in [6, 6.07) is 5.74. The molecule has 2 fully saturated rings. The number of fused-ring (bicyclic) bond motifs is 1. The molecule has 2 atom stereocenters. The first-order valence-electron chi connectivity index (χ1n) is 11.7. The molecule has 2 aliphatic rings. The quantitative estimate of drug-likeness (QED) is 0.688. The number of rotatable bonds is 4. The number of hydrogen-bond acceptors (Lipinski definition) is 4. The Bertz CT molecular complexity index is 1060. The summed E-state index contributed by atoms with van der Waals surface area (Å²) in [6.45, 7) is 10.5. The number of aromatic amines is 1. The van der Waals surface area contributed by atoms with Crippen molar-refractivity contribution in [3.8, 4) is 0 Å². The molecular formula is C24H36FN3O3S. The molecule has 32 heavy (non-hydrogen) atoms. The predicted octanol–water partition coefficient (Wildman–Crippen LogP) is 4.66. The van der Waals surface area contributed by atoms with Crippen molar-refractivity contribution in [3.63, 3.8) is 0 Å². The van der Waals surface area contributed by atoms with Crippen LogP contribution in [0.2, 0.25) is 0 Å². The Kier molecular flexibility index (Phi) is 6.33. The van der Waals surface area contributed by atoms with E-state index in [0.29, 0.717) is 24.2 Å². The Morgan fingerprint density at radius 3 is 2.31 bits per heavy atom. The Labute approximate surface area is 190 Å². The van der Waals surface area contributed by atoms with Crippen molar-refractivity contribution in [2.45, 2.75) is 89.2 Å². The number of H-pyrrole nitrogens is 1. The van der Waals surface area contributed by atoms with Gasteiger partial charge in [-0.2, -0.15) is 0 Å². The van der Waals surface area contributed by atoms with Crippen LogP contribution >= 0.6 is 0 Å². The van der Waals surface area contributed by atoms with E-state index >= 15 is 4.39 Å². The zero-order valence-electron chi connectivity index (χ0n) is 19.7. The number of ether oxygens (including phenoxy) is 1. The maximum Gasteiger partial charge on any atom is 0.216 e. The molecule has 1 aliphatic carbocycles. The van der Waals surface area contributed by atoms with Crippen molar-refractivity contribution in [1.82, 2.24) is 9.71 Å². The average molecular weight is 466 g/mol. The molecule has 2 heterocycles. The number of halogens is 1. The van der Waals surface area contributed by atoms with Gasteiger partial charge in [0.1, 0.15) is 0 Å². The molecule has 178 valence electrons. The van der Waals surface area contributed by atoms with Crippen molar-refractivity contribution in [3.05, 3.63) is 29.7 Å². The minimum absolute atomic E-state index is 0.0338. The third kappa shape index (κ3) is 4.68. The second-order valence-corrected chi connectivity index (χ2v) is 13.0. The first-order valence-corrected chi connectivity index (χ1v) is 13.2. The minimum Gasteiger partial charge on any atom is -0.372 e. The molecule has 0 bridgehead atoms. The third-order valence-corrected chi connectivity index (χ3v) is 9.05. The molecule has 1 saturated carbocycles. The summed E-state index contributed by atoms with van der Waals surface area (Å²) in [6.07, 6.45) is 3.45. The Balaban J connectivity index is 1.48. The Morgan fingerprint density at radius 2 is 1.72 bits per heavy atom. The van der Waals surface area contributed by atoms with Crippen LogP contribution in [0, 0.1) is 5.82 Å². The van der Waals surface area contributed by atoms with Gasteiger partial charge >= 0.3 is 0 Å². The molecule has 0 radical (unpaired) electrons. The molecule has 0 spiro atoms. The van der Waals surface area contributed by atoms with E-state index in [-0.39, 0.29) is 30.0 Å². The maximum atomic E-state index is 15.5. The molecule has 0 amide bonds. The van der Waals surface area contributed by atoms with Crippen LogP contribution in [-0.2, 0) is 14.8 Å². The van der Waals surface area contributed by atoms with Gasteiger partial charge in [-0.25, -0.2) is 17.5 Å². The smallest absolute Gasteiger partial charge is 0.216 e. The fourth-order valence-corrected chi connectivity index (χ4v) is 5.96. The zero-order valence-corrected chi connectivity index (χ0v) is 20.6.